The van der Waals surface area contributed by atoms with Gasteiger partial charge in [-0.15, -0.1) is 0 Å². The van der Waals surface area contributed by atoms with Crippen LogP contribution in [0.4, 0.5) is 0 Å². The van der Waals surface area contributed by atoms with Crippen molar-refractivity contribution < 1.29 is 12.6 Å². The summed E-state index contributed by atoms with van der Waals surface area (Å²) in [5.41, 5.74) is 1.72. The Hall–Kier alpha value is -0.870. The smallest absolute Gasteiger partial charge is 0.266 e. The van der Waals surface area contributed by atoms with Gasteiger partial charge in [0, 0.05) is 0 Å². The predicted molar refractivity (Wildman–Crippen MR) is 64.0 cm³/mol. The second-order valence-electron chi connectivity index (χ2n) is 3.83. The molecule has 0 aliphatic carbocycles. The van der Waals surface area contributed by atoms with Crippen molar-refractivity contribution in [2.45, 2.75) is 38.5 Å². The van der Waals surface area contributed by atoms with Crippen molar-refractivity contribution in [2.24, 2.45) is 0 Å². The minimum Gasteiger partial charge on any atom is -0.266 e. The molecule has 16 heavy (non-hydrogen) atoms. The number of hydrogen-bond donors (Lipinski definition) is 0. The van der Waals surface area contributed by atoms with Crippen LogP contribution in [0.3, 0.4) is 0 Å². The lowest BCUT2D eigenvalue weighted by molar-refractivity contribution is 0.310. The fourth-order valence-electron chi connectivity index (χ4n) is 1.37. The van der Waals surface area contributed by atoms with E-state index in [0.717, 1.165) is 24.0 Å². The van der Waals surface area contributed by atoms with Crippen LogP contribution < -0.4 is 0 Å². The Kier molecular flexibility index (Phi) is 4.50. The van der Waals surface area contributed by atoms with E-state index in [4.69, 9.17) is 4.18 Å². The number of hydrogen-bond acceptors (Lipinski definition) is 3. The average Bonchev–Trinajstić information content (AvgIpc) is 2.22. The summed E-state index contributed by atoms with van der Waals surface area (Å²) in [4.78, 5) is 0.281. The van der Waals surface area contributed by atoms with Crippen LogP contribution in [0.1, 0.15) is 30.9 Å². The van der Waals surface area contributed by atoms with Gasteiger partial charge in [0.25, 0.3) is 10.1 Å². The fourth-order valence-corrected chi connectivity index (χ4v) is 2.62. The fraction of sp³-hybridized carbons (Fsp3) is 0.500. The maximum atomic E-state index is 11.9. The summed E-state index contributed by atoms with van der Waals surface area (Å²) in [7, 11) is -3.59. The van der Waals surface area contributed by atoms with Gasteiger partial charge in [0.05, 0.1) is 11.5 Å². The monoisotopic (exact) mass is 242 g/mol. The Bertz CT molecular complexity index is 449. The van der Waals surface area contributed by atoms with Gasteiger partial charge in [0.15, 0.2) is 0 Å². The van der Waals surface area contributed by atoms with Crippen molar-refractivity contribution in [3.8, 4) is 0 Å². The third-order valence-corrected chi connectivity index (χ3v) is 4.02. The van der Waals surface area contributed by atoms with Crippen LogP contribution in [0.5, 0.6) is 0 Å². The van der Waals surface area contributed by atoms with E-state index in [-0.39, 0.29) is 11.5 Å². The van der Waals surface area contributed by atoms with Gasteiger partial charge < -0.3 is 0 Å². The molecule has 0 atom stereocenters. The maximum Gasteiger partial charge on any atom is 0.297 e. The van der Waals surface area contributed by atoms with Crippen molar-refractivity contribution >= 4 is 10.1 Å². The van der Waals surface area contributed by atoms with E-state index in [0.29, 0.717) is 0 Å². The first kappa shape index (κ1) is 13.2. The van der Waals surface area contributed by atoms with Crippen LogP contribution in [0, 0.1) is 13.8 Å². The molecule has 0 amide bonds. The highest BCUT2D eigenvalue weighted by atomic mass is 32.2. The summed E-state index contributed by atoms with van der Waals surface area (Å²) in [5, 5.41) is 0. The lowest BCUT2D eigenvalue weighted by atomic mass is 10.1. The highest BCUT2D eigenvalue weighted by molar-refractivity contribution is 7.86. The zero-order valence-electron chi connectivity index (χ0n) is 9.99. The van der Waals surface area contributed by atoms with Crippen molar-refractivity contribution in [1.82, 2.24) is 0 Å². The first-order chi connectivity index (χ1) is 7.49. The van der Waals surface area contributed by atoms with Gasteiger partial charge >= 0.3 is 0 Å². The molecule has 0 aliphatic rings. The topological polar surface area (TPSA) is 43.4 Å². The zero-order chi connectivity index (χ0) is 12.2. The van der Waals surface area contributed by atoms with Crippen LogP contribution in [-0.4, -0.2) is 15.0 Å². The van der Waals surface area contributed by atoms with Gasteiger partial charge in [-0.3, -0.25) is 4.18 Å². The molecule has 0 N–H and O–H groups in total. The minimum atomic E-state index is -3.59. The summed E-state index contributed by atoms with van der Waals surface area (Å²) < 4.78 is 28.7. The third kappa shape index (κ3) is 3.06. The summed E-state index contributed by atoms with van der Waals surface area (Å²) in [6.07, 6.45) is 1.67. The number of aryl methyl sites for hydroxylation is 1. The molecule has 0 saturated carbocycles. The van der Waals surface area contributed by atoms with Gasteiger partial charge in [-0.05, 0) is 37.5 Å². The molecule has 0 aliphatic heterocycles. The molecule has 0 saturated heterocycles. The standard InChI is InChI=1S/C12H18O3S/c1-4-5-9-15-16(13,14)12-8-6-7-10(2)11(12)3/h6-8H,4-5,9H2,1-3H3. The molecule has 0 fully saturated rings. The van der Waals surface area contributed by atoms with Gasteiger partial charge in [-0.2, -0.15) is 8.42 Å². The minimum absolute atomic E-state index is 0.256. The predicted octanol–water partition coefficient (Wildman–Crippen LogP) is 2.81. The van der Waals surface area contributed by atoms with Gasteiger partial charge in [-0.25, -0.2) is 0 Å². The third-order valence-electron chi connectivity index (χ3n) is 2.56. The molecular weight excluding hydrogens is 224 g/mol. The van der Waals surface area contributed by atoms with E-state index < -0.39 is 10.1 Å². The van der Waals surface area contributed by atoms with Crippen molar-refractivity contribution in [1.29, 1.82) is 0 Å². The van der Waals surface area contributed by atoms with Gasteiger partial charge in [0.2, 0.25) is 0 Å². The Morgan fingerprint density at radius 3 is 2.56 bits per heavy atom. The molecule has 0 unspecified atom stereocenters. The molecule has 0 heterocycles. The number of benzene rings is 1. The van der Waals surface area contributed by atoms with Gasteiger partial charge in [0.1, 0.15) is 0 Å². The second kappa shape index (κ2) is 5.46. The summed E-state index contributed by atoms with van der Waals surface area (Å²) in [6.45, 7) is 5.94. The summed E-state index contributed by atoms with van der Waals surface area (Å²) >= 11 is 0. The molecule has 1 rings (SSSR count). The second-order valence-corrected chi connectivity index (χ2v) is 5.41. The molecular formula is C12H18O3S. The van der Waals surface area contributed by atoms with Crippen LogP contribution in [0.25, 0.3) is 0 Å². The molecule has 90 valence electrons. The van der Waals surface area contributed by atoms with Crippen molar-refractivity contribution in [3.05, 3.63) is 29.3 Å². The first-order valence-electron chi connectivity index (χ1n) is 5.44. The average molecular weight is 242 g/mol. The number of unbranched alkanes of at least 4 members (excludes halogenated alkanes) is 1. The van der Waals surface area contributed by atoms with E-state index >= 15 is 0 Å². The highest BCUT2D eigenvalue weighted by Gasteiger charge is 2.17. The lowest BCUT2D eigenvalue weighted by Gasteiger charge is -2.09. The Morgan fingerprint density at radius 2 is 1.94 bits per heavy atom. The van der Waals surface area contributed by atoms with E-state index in [9.17, 15) is 8.42 Å². The van der Waals surface area contributed by atoms with Crippen LogP contribution >= 0.6 is 0 Å². The molecule has 4 heteroatoms. The van der Waals surface area contributed by atoms with E-state index in [1.165, 1.54) is 0 Å². The van der Waals surface area contributed by atoms with Crippen molar-refractivity contribution in [2.75, 3.05) is 6.61 Å². The SMILES string of the molecule is CCCCOS(=O)(=O)c1cccc(C)c1C. The molecule has 3 nitrogen and oxygen atoms in total. The van der Waals surface area contributed by atoms with Crippen molar-refractivity contribution in [3.63, 3.8) is 0 Å². The molecule has 0 aromatic heterocycles. The van der Waals surface area contributed by atoms with Crippen LogP contribution in [0.15, 0.2) is 23.1 Å². The Labute approximate surface area is 97.6 Å². The lowest BCUT2D eigenvalue weighted by Crippen LogP contribution is -2.09. The van der Waals surface area contributed by atoms with Gasteiger partial charge in [-0.1, -0.05) is 25.5 Å². The molecule has 0 spiro atoms. The summed E-state index contributed by atoms with van der Waals surface area (Å²) in [5.74, 6) is 0. The normalized spacial score (nSPS) is 11.7. The van der Waals surface area contributed by atoms with E-state index in [1.807, 2.05) is 19.9 Å². The van der Waals surface area contributed by atoms with E-state index in [2.05, 4.69) is 0 Å². The van der Waals surface area contributed by atoms with Crippen LogP contribution in [-0.2, 0) is 14.3 Å². The molecule has 0 bridgehead atoms. The maximum absolute atomic E-state index is 11.9. The largest absolute Gasteiger partial charge is 0.297 e. The quantitative estimate of drug-likeness (QED) is 0.589. The molecule has 1 aromatic rings. The molecule has 1 aromatic carbocycles. The Morgan fingerprint density at radius 1 is 1.25 bits per heavy atom. The number of rotatable bonds is 5. The van der Waals surface area contributed by atoms with Crippen LogP contribution in [0.2, 0.25) is 0 Å². The summed E-state index contributed by atoms with van der Waals surface area (Å²) in [6, 6.07) is 5.21. The molecule has 0 radical (unpaired) electrons. The van der Waals surface area contributed by atoms with E-state index in [1.54, 1.807) is 19.1 Å². The zero-order valence-corrected chi connectivity index (χ0v) is 10.8. The highest BCUT2D eigenvalue weighted by Crippen LogP contribution is 2.20. The first-order valence-corrected chi connectivity index (χ1v) is 6.85. The Balaban J connectivity index is 2.94.